The fourth-order valence-electron chi connectivity index (χ4n) is 3.71. The summed E-state index contributed by atoms with van der Waals surface area (Å²) >= 11 is 0. The lowest BCUT2D eigenvalue weighted by molar-refractivity contribution is -0.119. The van der Waals surface area contributed by atoms with Crippen molar-refractivity contribution in [3.05, 3.63) is 35.8 Å². The lowest BCUT2D eigenvalue weighted by atomic mass is 9.95. The van der Waals surface area contributed by atoms with Crippen LogP contribution in [-0.4, -0.2) is 48.4 Å². The number of aliphatic imine (C=N–C) groups is 1. The number of hydrogen-bond donors (Lipinski definition) is 3. The van der Waals surface area contributed by atoms with E-state index in [1.807, 2.05) is 6.20 Å². The lowest BCUT2D eigenvalue weighted by Gasteiger charge is -2.34. The first-order chi connectivity index (χ1) is 12.6. The fourth-order valence-corrected chi connectivity index (χ4v) is 3.71. The number of aromatic amines is 1. The Kier molecular flexibility index (Phi) is 7.88. The number of aromatic nitrogens is 1. The Morgan fingerprint density at radius 3 is 3.04 bits per heavy atom. The van der Waals surface area contributed by atoms with Gasteiger partial charge in [-0.25, -0.2) is 4.39 Å². The number of nitrogens with one attached hydrogen (secondary N) is 2. The van der Waals surface area contributed by atoms with Crippen LogP contribution in [0.4, 0.5) is 4.39 Å². The highest BCUT2D eigenvalue weighted by Gasteiger charge is 2.23. The molecule has 0 aliphatic carbocycles. The maximum Gasteiger partial charge on any atom is 0.217 e. The molecule has 1 aliphatic rings. The SMILES string of the molecule is CN=C(NCCc1c[nH]c2ccc(F)cc12)N1CCCC(CC(N)=O)C1.I. The summed E-state index contributed by atoms with van der Waals surface area (Å²) in [5, 5.41) is 4.30. The maximum atomic E-state index is 13.5. The molecular weight excluding hydrogens is 460 g/mol. The predicted octanol–water partition coefficient (Wildman–Crippen LogP) is 2.63. The number of guanidine groups is 1. The molecule has 2 aromatic rings. The Labute approximate surface area is 175 Å². The highest BCUT2D eigenvalue weighted by Crippen LogP contribution is 2.21. The van der Waals surface area contributed by atoms with Crippen LogP contribution in [0.3, 0.4) is 0 Å². The molecule has 8 heteroatoms. The zero-order valence-electron chi connectivity index (χ0n) is 15.5. The molecule has 1 unspecified atom stereocenters. The van der Waals surface area contributed by atoms with Crippen molar-refractivity contribution < 1.29 is 9.18 Å². The van der Waals surface area contributed by atoms with E-state index in [1.165, 1.54) is 6.07 Å². The first-order valence-electron chi connectivity index (χ1n) is 9.06. The molecule has 1 aromatic heterocycles. The normalized spacial score (nSPS) is 17.6. The fraction of sp³-hybridized carbons (Fsp3) is 0.474. The van der Waals surface area contributed by atoms with Gasteiger partial charge in [-0.05, 0) is 48.9 Å². The highest BCUT2D eigenvalue weighted by atomic mass is 127. The molecule has 27 heavy (non-hydrogen) atoms. The second-order valence-corrected chi connectivity index (χ2v) is 6.85. The molecular formula is C19H27FIN5O. The van der Waals surface area contributed by atoms with E-state index >= 15 is 0 Å². The van der Waals surface area contributed by atoms with Gasteiger partial charge in [0.15, 0.2) is 5.96 Å². The number of amides is 1. The summed E-state index contributed by atoms with van der Waals surface area (Å²) in [4.78, 5) is 20.9. The molecule has 0 radical (unpaired) electrons. The van der Waals surface area contributed by atoms with Gasteiger partial charge in [-0.1, -0.05) is 0 Å². The minimum atomic E-state index is -0.244. The van der Waals surface area contributed by atoms with Gasteiger partial charge < -0.3 is 20.9 Å². The van der Waals surface area contributed by atoms with E-state index < -0.39 is 0 Å². The van der Waals surface area contributed by atoms with E-state index in [4.69, 9.17) is 5.73 Å². The number of rotatable bonds is 5. The van der Waals surface area contributed by atoms with Crippen LogP contribution >= 0.6 is 24.0 Å². The van der Waals surface area contributed by atoms with Gasteiger partial charge >= 0.3 is 0 Å². The van der Waals surface area contributed by atoms with Crippen molar-refractivity contribution in [3.63, 3.8) is 0 Å². The predicted molar refractivity (Wildman–Crippen MR) is 117 cm³/mol. The number of likely N-dealkylation sites (tertiary alicyclic amines) is 1. The van der Waals surface area contributed by atoms with Crippen LogP contribution < -0.4 is 11.1 Å². The van der Waals surface area contributed by atoms with Gasteiger partial charge in [0.1, 0.15) is 5.82 Å². The van der Waals surface area contributed by atoms with Crippen LogP contribution in [0.15, 0.2) is 29.4 Å². The zero-order valence-corrected chi connectivity index (χ0v) is 17.8. The summed E-state index contributed by atoms with van der Waals surface area (Å²) in [6.45, 7) is 2.42. The number of primary amides is 1. The second kappa shape index (κ2) is 9.91. The van der Waals surface area contributed by atoms with Gasteiger partial charge in [-0.2, -0.15) is 0 Å². The minimum Gasteiger partial charge on any atom is -0.370 e. The van der Waals surface area contributed by atoms with E-state index in [0.29, 0.717) is 13.0 Å². The van der Waals surface area contributed by atoms with Gasteiger partial charge in [0.25, 0.3) is 0 Å². The van der Waals surface area contributed by atoms with Crippen molar-refractivity contribution in [2.75, 3.05) is 26.7 Å². The Bertz CT molecular complexity index is 806. The molecule has 6 nitrogen and oxygen atoms in total. The molecule has 3 rings (SSSR count). The van der Waals surface area contributed by atoms with E-state index in [-0.39, 0.29) is 41.6 Å². The Balaban J connectivity index is 0.00000261. The minimum absolute atomic E-state index is 0. The average molecular weight is 487 g/mol. The molecule has 0 spiro atoms. The number of H-pyrrole nitrogens is 1. The summed E-state index contributed by atoms with van der Waals surface area (Å²) < 4.78 is 13.5. The van der Waals surface area contributed by atoms with Gasteiger partial charge in [-0.3, -0.25) is 9.79 Å². The van der Waals surface area contributed by atoms with Crippen LogP contribution in [0.25, 0.3) is 10.9 Å². The number of nitrogens with zero attached hydrogens (tertiary/aromatic N) is 2. The van der Waals surface area contributed by atoms with Crippen LogP contribution in [0.5, 0.6) is 0 Å². The number of hydrogen-bond acceptors (Lipinski definition) is 2. The summed E-state index contributed by atoms with van der Waals surface area (Å²) in [5.41, 5.74) is 7.35. The smallest absolute Gasteiger partial charge is 0.217 e. The second-order valence-electron chi connectivity index (χ2n) is 6.85. The standard InChI is InChI=1S/C19H26FN5O.HI/c1-22-19(25-8-2-3-13(12-25)9-18(21)26)23-7-6-14-11-24-17-5-4-15(20)10-16(14)17;/h4-5,10-11,13,24H,2-3,6-9,12H2,1H3,(H2,21,26)(H,22,23);1H. The molecule has 1 aromatic carbocycles. The van der Waals surface area contributed by atoms with E-state index in [1.54, 1.807) is 19.2 Å². The molecule has 1 aliphatic heterocycles. The molecule has 0 saturated carbocycles. The Hall–Kier alpha value is -1.84. The number of carbonyl (C=O) groups excluding carboxylic acids is 1. The van der Waals surface area contributed by atoms with Gasteiger partial charge in [-0.15, -0.1) is 24.0 Å². The van der Waals surface area contributed by atoms with Crippen molar-refractivity contribution in [1.29, 1.82) is 0 Å². The van der Waals surface area contributed by atoms with E-state index in [0.717, 1.165) is 54.8 Å². The largest absolute Gasteiger partial charge is 0.370 e. The molecule has 0 bridgehead atoms. The van der Waals surface area contributed by atoms with Crippen molar-refractivity contribution >= 4 is 46.7 Å². The quantitative estimate of drug-likeness (QED) is 0.345. The third-order valence-corrected chi connectivity index (χ3v) is 4.93. The maximum absolute atomic E-state index is 13.5. The van der Waals surface area contributed by atoms with Crippen LogP contribution in [0.2, 0.25) is 0 Å². The molecule has 1 fully saturated rings. The summed E-state index contributed by atoms with van der Waals surface area (Å²) in [7, 11) is 1.76. The van der Waals surface area contributed by atoms with Gasteiger partial charge in [0, 0.05) is 50.2 Å². The van der Waals surface area contributed by atoms with Gasteiger partial charge in [0.2, 0.25) is 5.91 Å². The van der Waals surface area contributed by atoms with Crippen LogP contribution in [-0.2, 0) is 11.2 Å². The third kappa shape index (κ3) is 5.57. The number of nitrogens with two attached hydrogens (primary N) is 1. The summed E-state index contributed by atoms with van der Waals surface area (Å²) in [5.74, 6) is 0.656. The van der Waals surface area contributed by atoms with Crippen LogP contribution in [0.1, 0.15) is 24.8 Å². The first kappa shape index (κ1) is 21.5. The first-order valence-corrected chi connectivity index (χ1v) is 9.06. The number of benzene rings is 1. The topological polar surface area (TPSA) is 86.5 Å². The van der Waals surface area contributed by atoms with Crippen molar-refractivity contribution in [3.8, 4) is 0 Å². The third-order valence-electron chi connectivity index (χ3n) is 4.93. The number of fused-ring (bicyclic) bond motifs is 1. The molecule has 1 saturated heterocycles. The van der Waals surface area contributed by atoms with Crippen molar-refractivity contribution in [1.82, 2.24) is 15.2 Å². The molecule has 148 valence electrons. The Morgan fingerprint density at radius 2 is 2.30 bits per heavy atom. The Morgan fingerprint density at radius 1 is 1.48 bits per heavy atom. The van der Waals surface area contributed by atoms with E-state index in [2.05, 4.69) is 20.2 Å². The average Bonchev–Trinajstić information content (AvgIpc) is 3.00. The highest BCUT2D eigenvalue weighted by molar-refractivity contribution is 14.0. The van der Waals surface area contributed by atoms with Gasteiger partial charge in [0.05, 0.1) is 0 Å². The van der Waals surface area contributed by atoms with Crippen LogP contribution in [0, 0.1) is 11.7 Å². The molecule has 1 atom stereocenters. The number of piperidine rings is 1. The number of halogens is 2. The molecule has 1 amide bonds. The monoisotopic (exact) mass is 487 g/mol. The summed E-state index contributed by atoms with van der Waals surface area (Å²) in [6, 6.07) is 4.78. The van der Waals surface area contributed by atoms with Crippen molar-refractivity contribution in [2.45, 2.75) is 25.7 Å². The number of carbonyl (C=O) groups is 1. The lowest BCUT2D eigenvalue weighted by Crippen LogP contribution is -2.47. The molecule has 4 N–H and O–H groups in total. The zero-order chi connectivity index (χ0) is 18.5. The summed E-state index contributed by atoms with van der Waals surface area (Å²) in [6.07, 6.45) is 5.17. The van der Waals surface area contributed by atoms with Crippen molar-refractivity contribution in [2.24, 2.45) is 16.6 Å². The van der Waals surface area contributed by atoms with E-state index in [9.17, 15) is 9.18 Å². The molecule has 2 heterocycles.